The first-order valence-electron chi connectivity index (χ1n) is 7.32. The van der Waals surface area contributed by atoms with E-state index in [1.165, 1.54) is 6.07 Å². The Kier molecular flexibility index (Phi) is 5.52. The minimum absolute atomic E-state index is 0.0792. The van der Waals surface area contributed by atoms with Crippen molar-refractivity contribution in [3.8, 4) is 5.75 Å². The van der Waals surface area contributed by atoms with Crippen LogP contribution in [0.3, 0.4) is 0 Å². The topological polar surface area (TPSA) is 30.5 Å². The summed E-state index contributed by atoms with van der Waals surface area (Å²) >= 11 is 1.61. The Bertz CT molecular complexity index is 470. The Morgan fingerprint density at radius 3 is 2.81 bits per heavy atom. The zero-order valence-corrected chi connectivity index (χ0v) is 13.9. The zero-order valence-electron chi connectivity index (χ0n) is 13.1. The third-order valence-electron chi connectivity index (χ3n) is 3.17. The first-order valence-corrected chi connectivity index (χ1v) is 8.14. The molecule has 1 aromatic rings. The van der Waals surface area contributed by atoms with Crippen LogP contribution in [0, 0.1) is 5.82 Å². The molecule has 0 unspecified atom stereocenters. The Hall–Kier alpha value is -0.780. The van der Waals surface area contributed by atoms with E-state index in [9.17, 15) is 4.39 Å². The van der Waals surface area contributed by atoms with Crippen LogP contribution in [0.5, 0.6) is 5.75 Å². The Morgan fingerprint density at radius 1 is 1.43 bits per heavy atom. The van der Waals surface area contributed by atoms with Crippen LogP contribution in [0.4, 0.5) is 4.39 Å². The number of rotatable bonds is 5. The number of halogens is 1. The van der Waals surface area contributed by atoms with E-state index >= 15 is 0 Å². The summed E-state index contributed by atoms with van der Waals surface area (Å²) in [6.45, 7) is 9.66. The number of hydrogen-bond acceptors (Lipinski definition) is 4. The predicted molar refractivity (Wildman–Crippen MR) is 85.1 cm³/mol. The molecule has 21 heavy (non-hydrogen) atoms. The van der Waals surface area contributed by atoms with Gasteiger partial charge in [0.25, 0.3) is 0 Å². The van der Waals surface area contributed by atoms with Crippen LogP contribution in [0.2, 0.25) is 0 Å². The van der Waals surface area contributed by atoms with Gasteiger partial charge >= 0.3 is 0 Å². The molecule has 0 amide bonds. The largest absolute Gasteiger partial charge is 0.488 e. The fraction of sp³-hybridized carbons (Fsp3) is 0.625. The first kappa shape index (κ1) is 16.6. The van der Waals surface area contributed by atoms with Gasteiger partial charge in [-0.3, -0.25) is 4.72 Å². The van der Waals surface area contributed by atoms with Crippen molar-refractivity contribution >= 4 is 11.9 Å². The van der Waals surface area contributed by atoms with Gasteiger partial charge in [-0.2, -0.15) is 0 Å². The van der Waals surface area contributed by atoms with Gasteiger partial charge in [-0.15, -0.1) is 0 Å². The highest BCUT2D eigenvalue weighted by molar-refractivity contribution is 7.98. The highest BCUT2D eigenvalue weighted by atomic mass is 32.2. The van der Waals surface area contributed by atoms with E-state index in [1.807, 2.05) is 6.92 Å². The van der Waals surface area contributed by atoms with E-state index in [0.717, 1.165) is 13.0 Å². The minimum atomic E-state index is -0.209. The van der Waals surface area contributed by atoms with Crippen molar-refractivity contribution in [3.05, 3.63) is 29.6 Å². The summed E-state index contributed by atoms with van der Waals surface area (Å²) < 4.78 is 28.5. The van der Waals surface area contributed by atoms with Crippen molar-refractivity contribution < 1.29 is 13.9 Å². The highest BCUT2D eigenvalue weighted by Gasteiger charge is 2.20. The van der Waals surface area contributed by atoms with Gasteiger partial charge in [0, 0.05) is 22.8 Å². The molecule has 0 aliphatic carbocycles. The average Bonchev–Trinajstić information content (AvgIpc) is 2.90. The van der Waals surface area contributed by atoms with Crippen LogP contribution in [0.1, 0.15) is 45.7 Å². The third kappa shape index (κ3) is 5.16. The maximum absolute atomic E-state index is 14.0. The van der Waals surface area contributed by atoms with Gasteiger partial charge < -0.3 is 9.47 Å². The van der Waals surface area contributed by atoms with Crippen molar-refractivity contribution in [2.75, 3.05) is 13.2 Å². The molecule has 0 saturated carbocycles. The predicted octanol–water partition coefficient (Wildman–Crippen LogP) is 4.09. The SMILES string of the molecule is C[C@H](NSC(C)(C)C)c1cc(O[C@@H]2CCOC2)ccc1F. The second-order valence-corrected chi connectivity index (χ2v) is 8.01. The summed E-state index contributed by atoms with van der Waals surface area (Å²) in [4.78, 5) is 0. The van der Waals surface area contributed by atoms with Crippen LogP contribution < -0.4 is 9.46 Å². The Balaban J connectivity index is 2.03. The smallest absolute Gasteiger partial charge is 0.128 e. The van der Waals surface area contributed by atoms with Crippen LogP contribution in [-0.2, 0) is 4.74 Å². The van der Waals surface area contributed by atoms with Crippen molar-refractivity contribution in [2.24, 2.45) is 0 Å². The molecule has 1 fully saturated rings. The van der Waals surface area contributed by atoms with Crippen LogP contribution in [-0.4, -0.2) is 24.1 Å². The molecule has 1 heterocycles. The molecule has 118 valence electrons. The van der Waals surface area contributed by atoms with Gasteiger partial charge in [0.1, 0.15) is 17.7 Å². The lowest BCUT2D eigenvalue weighted by Gasteiger charge is -2.22. The summed E-state index contributed by atoms with van der Waals surface area (Å²) in [5.41, 5.74) is 0.628. The van der Waals surface area contributed by atoms with Crippen LogP contribution in [0.25, 0.3) is 0 Å². The second-order valence-electron chi connectivity index (χ2n) is 6.34. The van der Waals surface area contributed by atoms with E-state index in [0.29, 0.717) is 17.9 Å². The van der Waals surface area contributed by atoms with Gasteiger partial charge in [-0.25, -0.2) is 4.39 Å². The summed E-state index contributed by atoms with van der Waals surface area (Å²) in [5.74, 6) is 0.496. The molecule has 5 heteroatoms. The van der Waals surface area contributed by atoms with Gasteiger partial charge in [-0.05, 0) is 45.9 Å². The monoisotopic (exact) mass is 313 g/mol. The summed E-state index contributed by atoms with van der Waals surface area (Å²) in [6.07, 6.45) is 0.968. The number of hydrogen-bond donors (Lipinski definition) is 1. The first-order chi connectivity index (χ1) is 9.85. The lowest BCUT2D eigenvalue weighted by atomic mass is 10.1. The summed E-state index contributed by atoms with van der Waals surface area (Å²) in [7, 11) is 0. The quantitative estimate of drug-likeness (QED) is 0.829. The maximum Gasteiger partial charge on any atom is 0.128 e. The molecule has 0 radical (unpaired) electrons. The number of benzene rings is 1. The van der Waals surface area contributed by atoms with Gasteiger partial charge in [0.15, 0.2) is 0 Å². The molecule has 1 N–H and O–H groups in total. The molecule has 2 atom stereocenters. The minimum Gasteiger partial charge on any atom is -0.488 e. The molecule has 3 nitrogen and oxygen atoms in total. The number of nitrogens with one attached hydrogen (secondary N) is 1. The average molecular weight is 313 g/mol. The molecule has 1 aromatic carbocycles. The number of ether oxygens (including phenoxy) is 2. The van der Waals surface area contributed by atoms with Gasteiger partial charge in [0.05, 0.1) is 13.2 Å². The van der Waals surface area contributed by atoms with E-state index in [1.54, 1.807) is 24.1 Å². The molecule has 2 rings (SSSR count). The van der Waals surface area contributed by atoms with Crippen molar-refractivity contribution in [1.29, 1.82) is 0 Å². The fourth-order valence-corrected chi connectivity index (χ4v) is 2.71. The standard InChI is InChI=1S/C16H24FNO2S/c1-11(18-21-16(2,3)4)14-9-12(5-6-15(14)17)20-13-7-8-19-10-13/h5-6,9,11,13,18H,7-8,10H2,1-4H3/t11-,13+/m0/s1. The molecule has 1 aliphatic rings. The Morgan fingerprint density at radius 2 is 2.19 bits per heavy atom. The van der Waals surface area contributed by atoms with Crippen molar-refractivity contribution in [2.45, 2.75) is 51.0 Å². The molecule has 0 bridgehead atoms. The van der Waals surface area contributed by atoms with Gasteiger partial charge in [0.2, 0.25) is 0 Å². The van der Waals surface area contributed by atoms with Crippen LogP contribution in [0.15, 0.2) is 18.2 Å². The van der Waals surface area contributed by atoms with E-state index in [2.05, 4.69) is 25.5 Å². The molecule has 1 aliphatic heterocycles. The lowest BCUT2D eigenvalue weighted by Crippen LogP contribution is -2.21. The second kappa shape index (κ2) is 6.99. The zero-order chi connectivity index (χ0) is 15.5. The van der Waals surface area contributed by atoms with Crippen molar-refractivity contribution in [1.82, 2.24) is 4.72 Å². The molecular weight excluding hydrogens is 289 g/mol. The summed E-state index contributed by atoms with van der Waals surface area (Å²) in [5, 5.41) is 0. The molecule has 1 saturated heterocycles. The summed E-state index contributed by atoms with van der Waals surface area (Å²) in [6, 6.07) is 4.85. The molecular formula is C16H24FNO2S. The molecule has 0 spiro atoms. The van der Waals surface area contributed by atoms with Crippen LogP contribution >= 0.6 is 11.9 Å². The van der Waals surface area contributed by atoms with E-state index < -0.39 is 0 Å². The lowest BCUT2D eigenvalue weighted by molar-refractivity contribution is 0.141. The normalized spacial score (nSPS) is 20.5. The van der Waals surface area contributed by atoms with E-state index in [-0.39, 0.29) is 22.7 Å². The maximum atomic E-state index is 14.0. The highest BCUT2D eigenvalue weighted by Crippen LogP contribution is 2.28. The van der Waals surface area contributed by atoms with Crippen molar-refractivity contribution in [3.63, 3.8) is 0 Å². The Labute approximate surface area is 130 Å². The molecule has 0 aromatic heterocycles. The van der Waals surface area contributed by atoms with Gasteiger partial charge in [-0.1, -0.05) is 11.9 Å². The fourth-order valence-electron chi connectivity index (χ4n) is 2.05. The third-order valence-corrected chi connectivity index (χ3v) is 4.25. The van der Waals surface area contributed by atoms with E-state index in [4.69, 9.17) is 9.47 Å².